The minimum Gasteiger partial charge on any atom is -0.319 e. The third kappa shape index (κ3) is 6.25. The van der Waals surface area contributed by atoms with Crippen LogP contribution in [0.2, 0.25) is 0 Å². The Bertz CT molecular complexity index is 2530. The monoisotopic (exact) mass is 747 g/mol. The molecule has 1 heterocycles. The Morgan fingerprint density at radius 1 is 0.429 bits per heavy atom. The fraction of sp³-hybridized carbons (Fsp3) is 0.235. The van der Waals surface area contributed by atoms with E-state index in [0.29, 0.717) is 29.3 Å². The van der Waals surface area contributed by atoms with Gasteiger partial charge in [-0.2, -0.15) is 0 Å². The van der Waals surface area contributed by atoms with E-state index in [1.54, 1.807) is 0 Å². The average molecular weight is 748 g/mol. The topological polar surface area (TPSA) is 55.7 Å². The molecule has 5 heteroatoms. The standard InChI is InChI=1S/C51H46N3OP/c1-56(2,55)47-26-22-38(23-27-47)42-14-9-15-44(33-42)51(45-29-34-28-35(31-45)32-46(51)30-34)43-24-20-41(21-25-43)50-53-48(39-12-7-4-8-13-39)52-49(54-50)40-18-16-37(17-19-40)36-10-5-3-6-11-36/h3-27,33-35,45-46H,28-32H2,1-2H3. The molecule has 6 aromatic carbocycles. The predicted octanol–water partition coefficient (Wildman–Crippen LogP) is 12.2. The van der Waals surface area contributed by atoms with Gasteiger partial charge in [0.1, 0.15) is 7.14 Å². The molecule has 4 nitrogen and oxygen atoms in total. The Balaban J connectivity index is 1.05. The quantitative estimate of drug-likeness (QED) is 0.145. The van der Waals surface area contributed by atoms with Gasteiger partial charge in [0, 0.05) is 27.4 Å². The first kappa shape index (κ1) is 35.0. The number of nitrogens with zero attached hydrogens (tertiary/aromatic N) is 3. The lowest BCUT2D eigenvalue weighted by Gasteiger charge is -2.62. The number of benzene rings is 6. The third-order valence-corrected chi connectivity index (χ3v) is 14.7. The number of hydrogen-bond donors (Lipinski definition) is 0. The smallest absolute Gasteiger partial charge is 0.164 e. The van der Waals surface area contributed by atoms with Gasteiger partial charge < -0.3 is 4.57 Å². The van der Waals surface area contributed by atoms with Crippen LogP contribution in [0.25, 0.3) is 56.4 Å². The first-order valence-corrected chi connectivity index (χ1v) is 22.8. The van der Waals surface area contributed by atoms with Crippen molar-refractivity contribution in [3.63, 3.8) is 0 Å². The van der Waals surface area contributed by atoms with Crippen molar-refractivity contribution < 1.29 is 4.57 Å². The Kier molecular flexibility index (Phi) is 8.71. The summed E-state index contributed by atoms with van der Waals surface area (Å²) in [6.07, 6.45) is 6.62. The molecule has 7 aromatic rings. The molecule has 0 N–H and O–H groups in total. The van der Waals surface area contributed by atoms with E-state index in [0.717, 1.165) is 39.4 Å². The maximum Gasteiger partial charge on any atom is 0.164 e. The van der Waals surface area contributed by atoms with E-state index in [1.165, 1.54) is 59.9 Å². The number of rotatable bonds is 8. The summed E-state index contributed by atoms with van der Waals surface area (Å²) in [6, 6.07) is 56.2. The van der Waals surface area contributed by atoms with Gasteiger partial charge in [-0.05, 0) is 102 Å². The van der Waals surface area contributed by atoms with Crippen molar-refractivity contribution in [2.45, 2.75) is 37.5 Å². The molecule has 4 fully saturated rings. The van der Waals surface area contributed by atoms with Crippen molar-refractivity contribution in [1.82, 2.24) is 15.0 Å². The van der Waals surface area contributed by atoms with Crippen LogP contribution in [0, 0.1) is 23.7 Å². The van der Waals surface area contributed by atoms with Crippen LogP contribution in [0.1, 0.15) is 43.2 Å². The molecule has 4 saturated carbocycles. The van der Waals surface area contributed by atoms with E-state index in [-0.39, 0.29) is 5.41 Å². The molecule has 0 saturated heterocycles. The van der Waals surface area contributed by atoms with Gasteiger partial charge in [0.25, 0.3) is 0 Å². The lowest BCUT2D eigenvalue weighted by molar-refractivity contribution is -0.0418. The molecule has 4 aliphatic rings. The molecule has 11 rings (SSSR count). The predicted molar refractivity (Wildman–Crippen MR) is 230 cm³/mol. The summed E-state index contributed by atoms with van der Waals surface area (Å²) in [7, 11) is -2.32. The Morgan fingerprint density at radius 2 is 0.839 bits per heavy atom. The fourth-order valence-electron chi connectivity index (χ4n) is 10.7. The van der Waals surface area contributed by atoms with Gasteiger partial charge in [-0.15, -0.1) is 0 Å². The summed E-state index contributed by atoms with van der Waals surface area (Å²) in [6.45, 7) is 3.69. The van der Waals surface area contributed by atoms with Gasteiger partial charge >= 0.3 is 0 Å². The average Bonchev–Trinajstić information content (AvgIpc) is 3.24. The first-order valence-electron chi connectivity index (χ1n) is 20.2. The lowest BCUT2D eigenvalue weighted by Crippen LogP contribution is -2.56. The second-order valence-corrected chi connectivity index (χ2v) is 20.1. The van der Waals surface area contributed by atoms with Gasteiger partial charge in [-0.3, -0.25) is 0 Å². The summed E-state index contributed by atoms with van der Waals surface area (Å²) in [5, 5.41) is 0.928. The number of hydrogen-bond acceptors (Lipinski definition) is 4. The van der Waals surface area contributed by atoms with E-state index in [2.05, 4.69) is 133 Å². The fourth-order valence-corrected chi connectivity index (χ4v) is 11.6. The summed E-state index contributed by atoms with van der Waals surface area (Å²) in [4.78, 5) is 15.2. The molecule has 276 valence electrons. The SMILES string of the molecule is CP(C)(=O)c1ccc(-c2cccc(C3(c4ccc(-c5nc(-c6ccccc6)nc(-c6ccc(-c7ccccc7)cc6)n5)cc4)C4CC5CC(C4)CC3C5)c2)cc1. The van der Waals surface area contributed by atoms with Crippen molar-refractivity contribution >= 4 is 12.4 Å². The van der Waals surface area contributed by atoms with Crippen molar-refractivity contribution in [3.8, 4) is 56.4 Å². The highest BCUT2D eigenvalue weighted by Crippen LogP contribution is 2.65. The Hall–Kier alpha value is -5.44. The molecule has 0 atom stereocenters. The Labute approximate surface area is 330 Å². The molecule has 0 aliphatic heterocycles. The highest BCUT2D eigenvalue weighted by Gasteiger charge is 2.58. The molecule has 4 aliphatic carbocycles. The summed E-state index contributed by atoms with van der Waals surface area (Å²) >= 11 is 0. The molecule has 0 radical (unpaired) electrons. The first-order chi connectivity index (χ1) is 27.3. The van der Waals surface area contributed by atoms with Crippen molar-refractivity contribution in [1.29, 1.82) is 0 Å². The van der Waals surface area contributed by atoms with Crippen LogP contribution in [0.3, 0.4) is 0 Å². The van der Waals surface area contributed by atoms with Gasteiger partial charge in [0.2, 0.25) is 0 Å². The van der Waals surface area contributed by atoms with Crippen molar-refractivity contribution in [2.75, 3.05) is 13.3 Å². The van der Waals surface area contributed by atoms with E-state index >= 15 is 0 Å². The molecule has 4 bridgehead atoms. The molecule has 0 spiro atoms. The second kappa shape index (κ2) is 13.9. The molecule has 0 unspecified atom stereocenters. The van der Waals surface area contributed by atoms with Crippen molar-refractivity contribution in [3.05, 3.63) is 169 Å². The third-order valence-electron chi connectivity index (χ3n) is 13.1. The summed E-state index contributed by atoms with van der Waals surface area (Å²) in [5.41, 5.74) is 10.5. The van der Waals surface area contributed by atoms with Gasteiger partial charge in [0.05, 0.1) is 0 Å². The van der Waals surface area contributed by atoms with Crippen molar-refractivity contribution in [2.24, 2.45) is 23.7 Å². The normalized spacial score (nSPS) is 22.6. The zero-order valence-corrected chi connectivity index (χ0v) is 32.9. The van der Waals surface area contributed by atoms with Crippen LogP contribution in [-0.4, -0.2) is 28.3 Å². The summed E-state index contributed by atoms with van der Waals surface area (Å²) < 4.78 is 12.8. The molecule has 1 aromatic heterocycles. The van der Waals surface area contributed by atoms with E-state index in [1.807, 2.05) is 37.6 Å². The van der Waals surface area contributed by atoms with Gasteiger partial charge in [0.15, 0.2) is 17.5 Å². The van der Waals surface area contributed by atoms with Crippen LogP contribution in [-0.2, 0) is 9.98 Å². The lowest BCUT2D eigenvalue weighted by atomic mass is 9.42. The molecule has 56 heavy (non-hydrogen) atoms. The highest BCUT2D eigenvalue weighted by atomic mass is 31.2. The zero-order valence-electron chi connectivity index (χ0n) is 32.1. The maximum absolute atomic E-state index is 12.8. The maximum atomic E-state index is 12.8. The van der Waals surface area contributed by atoms with Crippen LogP contribution in [0.5, 0.6) is 0 Å². The van der Waals surface area contributed by atoms with Crippen LogP contribution < -0.4 is 5.30 Å². The van der Waals surface area contributed by atoms with Crippen LogP contribution >= 0.6 is 7.14 Å². The number of aromatic nitrogens is 3. The van der Waals surface area contributed by atoms with Crippen LogP contribution in [0.15, 0.2) is 158 Å². The second-order valence-electron chi connectivity index (χ2n) is 16.8. The molecule has 0 amide bonds. The van der Waals surface area contributed by atoms with Gasteiger partial charge in [-0.1, -0.05) is 158 Å². The summed E-state index contributed by atoms with van der Waals surface area (Å²) in [5.74, 6) is 4.94. The minimum atomic E-state index is -2.32. The van der Waals surface area contributed by atoms with Crippen LogP contribution in [0.4, 0.5) is 0 Å². The largest absolute Gasteiger partial charge is 0.319 e. The van der Waals surface area contributed by atoms with E-state index < -0.39 is 7.14 Å². The van der Waals surface area contributed by atoms with E-state index in [4.69, 9.17) is 15.0 Å². The molecular weight excluding hydrogens is 702 g/mol. The zero-order chi connectivity index (χ0) is 37.9. The van der Waals surface area contributed by atoms with Gasteiger partial charge in [-0.25, -0.2) is 15.0 Å². The highest BCUT2D eigenvalue weighted by molar-refractivity contribution is 7.70. The minimum absolute atomic E-state index is 0.0512. The van der Waals surface area contributed by atoms with E-state index in [9.17, 15) is 4.57 Å². The Morgan fingerprint density at radius 3 is 1.38 bits per heavy atom. The molecular formula is C51H46N3OP.